The number of carbonyl (C=O) groups is 1. The van der Waals surface area contributed by atoms with Crippen molar-refractivity contribution < 1.29 is 18.3 Å². The van der Waals surface area contributed by atoms with Gasteiger partial charge in [-0.3, -0.25) is 4.79 Å². The molecule has 0 unspecified atom stereocenters. The zero-order valence-corrected chi connectivity index (χ0v) is 12.7. The number of aromatic nitrogens is 1. The number of ether oxygens (including phenoxy) is 1. The van der Waals surface area contributed by atoms with Crippen LogP contribution in [0.3, 0.4) is 0 Å². The lowest BCUT2D eigenvalue weighted by atomic mass is 10.1. The molecule has 1 N–H and O–H groups in total. The van der Waals surface area contributed by atoms with Crippen molar-refractivity contribution in [3.05, 3.63) is 53.6 Å². The molecule has 0 radical (unpaired) electrons. The first-order chi connectivity index (χ1) is 11.5. The van der Waals surface area contributed by atoms with Gasteiger partial charge in [0.05, 0.1) is 22.8 Å². The molecule has 0 saturated heterocycles. The Labute approximate surface area is 136 Å². The van der Waals surface area contributed by atoms with Crippen LogP contribution >= 0.6 is 0 Å². The van der Waals surface area contributed by atoms with Crippen LogP contribution in [-0.2, 0) is 4.79 Å². The minimum absolute atomic E-state index is 0.0506. The predicted octanol–water partition coefficient (Wildman–Crippen LogP) is 4.30. The van der Waals surface area contributed by atoms with E-state index in [1.807, 2.05) is 6.07 Å². The van der Waals surface area contributed by atoms with Crippen molar-refractivity contribution in [1.82, 2.24) is 4.98 Å². The number of aromatic amines is 1. The normalized spacial score (nSPS) is 10.6. The minimum Gasteiger partial charge on any atom is -0.424 e. The van der Waals surface area contributed by atoms with E-state index in [1.54, 1.807) is 31.2 Å². The highest BCUT2D eigenvalue weighted by Crippen LogP contribution is 2.38. The molecule has 120 valence electrons. The molecule has 1 heterocycles. The summed E-state index contributed by atoms with van der Waals surface area (Å²) in [4.78, 5) is 14.6. The first-order valence-electron chi connectivity index (χ1n) is 7.25. The first-order valence-corrected chi connectivity index (χ1v) is 7.25. The molecule has 0 saturated carbocycles. The molecule has 0 fully saturated rings. The molecular weight excluding hydrogens is 314 g/mol. The van der Waals surface area contributed by atoms with Crippen LogP contribution < -0.4 is 4.74 Å². The van der Waals surface area contributed by atoms with E-state index in [9.17, 15) is 13.6 Å². The van der Waals surface area contributed by atoms with Gasteiger partial charge in [-0.15, -0.1) is 0 Å². The Morgan fingerprint density at radius 2 is 1.96 bits per heavy atom. The van der Waals surface area contributed by atoms with Crippen LogP contribution in [0.25, 0.3) is 22.2 Å². The van der Waals surface area contributed by atoms with Gasteiger partial charge in [0.15, 0.2) is 5.75 Å². The number of hydrogen-bond donors (Lipinski definition) is 1. The Morgan fingerprint density at radius 3 is 2.58 bits per heavy atom. The molecule has 0 amide bonds. The van der Waals surface area contributed by atoms with E-state index in [-0.39, 0.29) is 23.1 Å². The maximum absolute atomic E-state index is 14.0. The standard InChI is InChI=1S/C18H12F2N2O2/c1-2-15(23)24-18-13-7-12(19)8-14(20)17(13)22-16(18)11-5-3-10(9-21)4-6-11/h3-8,22H,2H2,1H3. The van der Waals surface area contributed by atoms with Crippen molar-refractivity contribution in [2.24, 2.45) is 0 Å². The quantitative estimate of drug-likeness (QED) is 0.730. The van der Waals surface area contributed by atoms with Gasteiger partial charge < -0.3 is 9.72 Å². The predicted molar refractivity (Wildman–Crippen MR) is 84.3 cm³/mol. The summed E-state index contributed by atoms with van der Waals surface area (Å²) in [6, 6.07) is 10.3. The van der Waals surface area contributed by atoms with Crippen LogP contribution in [0, 0.1) is 23.0 Å². The fraction of sp³-hybridized carbons (Fsp3) is 0.111. The molecular formula is C18H12F2N2O2. The molecule has 2 aromatic carbocycles. The van der Waals surface area contributed by atoms with E-state index < -0.39 is 17.6 Å². The van der Waals surface area contributed by atoms with Crippen LogP contribution in [0.5, 0.6) is 5.75 Å². The van der Waals surface area contributed by atoms with Crippen LogP contribution in [0.4, 0.5) is 8.78 Å². The van der Waals surface area contributed by atoms with Gasteiger partial charge in [0.2, 0.25) is 0 Å². The average molecular weight is 326 g/mol. The summed E-state index contributed by atoms with van der Waals surface area (Å²) in [6.45, 7) is 1.62. The van der Waals surface area contributed by atoms with Crippen molar-refractivity contribution in [2.45, 2.75) is 13.3 Å². The molecule has 0 aliphatic heterocycles. The molecule has 0 aliphatic rings. The van der Waals surface area contributed by atoms with Gasteiger partial charge in [0.25, 0.3) is 0 Å². The van der Waals surface area contributed by atoms with E-state index in [1.165, 1.54) is 0 Å². The monoisotopic (exact) mass is 326 g/mol. The molecule has 3 aromatic rings. The molecule has 0 aliphatic carbocycles. The third-order valence-electron chi connectivity index (χ3n) is 3.58. The Hall–Kier alpha value is -3.20. The highest BCUT2D eigenvalue weighted by molar-refractivity contribution is 5.96. The lowest BCUT2D eigenvalue weighted by Crippen LogP contribution is -2.06. The van der Waals surface area contributed by atoms with Gasteiger partial charge in [-0.2, -0.15) is 5.26 Å². The molecule has 3 rings (SSSR count). The van der Waals surface area contributed by atoms with Crippen molar-refractivity contribution in [3.63, 3.8) is 0 Å². The molecule has 6 heteroatoms. The molecule has 24 heavy (non-hydrogen) atoms. The number of fused-ring (bicyclic) bond motifs is 1. The van der Waals surface area contributed by atoms with E-state index in [0.717, 1.165) is 12.1 Å². The Morgan fingerprint density at radius 1 is 1.25 bits per heavy atom. The second kappa shape index (κ2) is 6.13. The number of nitrogens with one attached hydrogen (secondary N) is 1. The van der Waals surface area contributed by atoms with Crippen LogP contribution in [0.2, 0.25) is 0 Å². The van der Waals surface area contributed by atoms with E-state index in [0.29, 0.717) is 16.8 Å². The van der Waals surface area contributed by atoms with Gasteiger partial charge in [0.1, 0.15) is 11.6 Å². The summed E-state index contributed by atoms with van der Waals surface area (Å²) >= 11 is 0. The Bertz CT molecular complexity index is 969. The topological polar surface area (TPSA) is 65.9 Å². The zero-order valence-electron chi connectivity index (χ0n) is 12.7. The van der Waals surface area contributed by atoms with Crippen molar-refractivity contribution in [1.29, 1.82) is 5.26 Å². The smallest absolute Gasteiger partial charge is 0.310 e. The number of rotatable bonds is 3. The van der Waals surface area contributed by atoms with Gasteiger partial charge in [-0.25, -0.2) is 8.78 Å². The SMILES string of the molecule is CCC(=O)Oc1c(-c2ccc(C#N)cc2)[nH]c2c(F)cc(F)cc12. The fourth-order valence-corrected chi connectivity index (χ4v) is 2.40. The molecule has 0 spiro atoms. The second-order valence-corrected chi connectivity index (χ2v) is 5.16. The summed E-state index contributed by atoms with van der Waals surface area (Å²) in [5.74, 6) is -1.99. The summed E-state index contributed by atoms with van der Waals surface area (Å²) in [5.41, 5.74) is 1.44. The minimum atomic E-state index is -0.779. The van der Waals surface area contributed by atoms with Crippen LogP contribution in [-0.4, -0.2) is 11.0 Å². The number of halogens is 2. The fourth-order valence-electron chi connectivity index (χ4n) is 2.40. The van der Waals surface area contributed by atoms with Gasteiger partial charge in [0, 0.05) is 23.4 Å². The Kier molecular flexibility index (Phi) is 4.00. The summed E-state index contributed by atoms with van der Waals surface area (Å²) in [7, 11) is 0. The maximum atomic E-state index is 14.0. The van der Waals surface area contributed by atoms with E-state index in [4.69, 9.17) is 10.00 Å². The summed E-state index contributed by atoms with van der Waals surface area (Å²) in [6.07, 6.45) is 0.122. The van der Waals surface area contributed by atoms with Crippen molar-refractivity contribution >= 4 is 16.9 Å². The largest absolute Gasteiger partial charge is 0.424 e. The molecule has 1 aromatic heterocycles. The van der Waals surface area contributed by atoms with Gasteiger partial charge in [-0.1, -0.05) is 19.1 Å². The Balaban J connectivity index is 2.25. The molecule has 0 atom stereocenters. The highest BCUT2D eigenvalue weighted by atomic mass is 19.1. The van der Waals surface area contributed by atoms with Gasteiger partial charge in [-0.05, 0) is 18.2 Å². The average Bonchev–Trinajstić information content (AvgIpc) is 2.93. The highest BCUT2D eigenvalue weighted by Gasteiger charge is 2.20. The van der Waals surface area contributed by atoms with Crippen molar-refractivity contribution in [2.75, 3.05) is 0 Å². The second-order valence-electron chi connectivity index (χ2n) is 5.16. The number of nitrogens with zero attached hydrogens (tertiary/aromatic N) is 1. The number of carbonyl (C=O) groups excluding carboxylic acids is 1. The van der Waals surface area contributed by atoms with Gasteiger partial charge >= 0.3 is 5.97 Å². The zero-order chi connectivity index (χ0) is 17.3. The summed E-state index contributed by atoms with van der Waals surface area (Å²) in [5, 5.41) is 9.01. The maximum Gasteiger partial charge on any atom is 0.310 e. The lowest BCUT2D eigenvalue weighted by Gasteiger charge is -2.06. The number of nitriles is 1. The first kappa shape index (κ1) is 15.7. The number of benzene rings is 2. The lowest BCUT2D eigenvalue weighted by molar-refractivity contribution is -0.133. The molecule has 4 nitrogen and oxygen atoms in total. The number of hydrogen-bond acceptors (Lipinski definition) is 3. The van der Waals surface area contributed by atoms with Crippen LogP contribution in [0.15, 0.2) is 36.4 Å². The molecule has 0 bridgehead atoms. The number of H-pyrrole nitrogens is 1. The number of esters is 1. The third-order valence-corrected chi connectivity index (χ3v) is 3.58. The van der Waals surface area contributed by atoms with Crippen LogP contribution in [0.1, 0.15) is 18.9 Å². The van der Waals surface area contributed by atoms with E-state index >= 15 is 0 Å². The van der Waals surface area contributed by atoms with Crippen molar-refractivity contribution in [3.8, 4) is 23.1 Å². The third kappa shape index (κ3) is 2.72. The summed E-state index contributed by atoms with van der Waals surface area (Å²) < 4.78 is 32.9. The van der Waals surface area contributed by atoms with E-state index in [2.05, 4.69) is 4.98 Å².